The number of Topliss-reactive ketones (excluding diaryl/α,β-unsaturated/α-hetero) is 1. The zero-order valence-corrected chi connectivity index (χ0v) is 11.2. The van der Waals surface area contributed by atoms with Gasteiger partial charge in [0, 0.05) is 11.5 Å². The highest BCUT2D eigenvalue weighted by molar-refractivity contribution is 5.97. The van der Waals surface area contributed by atoms with E-state index < -0.39 is 0 Å². The summed E-state index contributed by atoms with van der Waals surface area (Å²) in [6, 6.07) is 8.10. The third kappa shape index (κ3) is 2.99. The van der Waals surface area contributed by atoms with Gasteiger partial charge in [0.15, 0.2) is 5.78 Å². The minimum atomic E-state index is 0.222. The van der Waals surface area contributed by atoms with Gasteiger partial charge in [0.2, 0.25) is 0 Å². The number of ketones is 1. The maximum Gasteiger partial charge on any atom is 0.165 e. The fourth-order valence-corrected chi connectivity index (χ4v) is 2.80. The molecule has 98 valence electrons. The fourth-order valence-electron chi connectivity index (χ4n) is 2.80. The number of carbonyl (C=O) groups is 1. The summed E-state index contributed by atoms with van der Waals surface area (Å²) in [5.74, 6) is 1.19. The molecule has 1 aromatic rings. The molecule has 1 aliphatic carbocycles. The second kappa shape index (κ2) is 6.14. The van der Waals surface area contributed by atoms with Gasteiger partial charge in [-0.3, -0.25) is 4.79 Å². The van der Waals surface area contributed by atoms with E-state index in [0.29, 0.717) is 11.7 Å². The predicted octanol–water partition coefficient (Wildman–Crippen LogP) is 3.20. The van der Waals surface area contributed by atoms with Crippen molar-refractivity contribution >= 4 is 5.78 Å². The van der Waals surface area contributed by atoms with Crippen molar-refractivity contribution in [2.45, 2.75) is 39.0 Å². The lowest BCUT2D eigenvalue weighted by Gasteiger charge is -2.26. The van der Waals surface area contributed by atoms with Crippen LogP contribution >= 0.6 is 0 Å². The molecule has 1 aromatic carbocycles. The van der Waals surface area contributed by atoms with Crippen molar-refractivity contribution in [3.05, 3.63) is 35.4 Å². The topological polar surface area (TPSA) is 43.1 Å². The standard InChI is InChI=1S/C16H23NO/c1-2-12-3-7-14(8-4-12)16(18)15-9-5-13(11-17)6-10-15/h3-4,7-8,13,15H,2,5-6,9-11,17H2,1H3. The lowest BCUT2D eigenvalue weighted by Crippen LogP contribution is -2.25. The Hall–Kier alpha value is -1.15. The second-order valence-electron chi connectivity index (χ2n) is 5.37. The van der Waals surface area contributed by atoms with Gasteiger partial charge in [-0.15, -0.1) is 0 Å². The van der Waals surface area contributed by atoms with E-state index in [1.54, 1.807) is 0 Å². The van der Waals surface area contributed by atoms with Crippen molar-refractivity contribution in [3.63, 3.8) is 0 Å². The summed E-state index contributed by atoms with van der Waals surface area (Å²) in [5.41, 5.74) is 7.85. The third-order valence-electron chi connectivity index (χ3n) is 4.20. The van der Waals surface area contributed by atoms with E-state index in [2.05, 4.69) is 19.1 Å². The molecule has 1 fully saturated rings. The van der Waals surface area contributed by atoms with Crippen LogP contribution in [0.5, 0.6) is 0 Å². The molecule has 0 atom stereocenters. The van der Waals surface area contributed by atoms with E-state index in [0.717, 1.165) is 44.2 Å². The minimum Gasteiger partial charge on any atom is -0.330 e. The number of nitrogens with two attached hydrogens (primary N) is 1. The lowest BCUT2D eigenvalue weighted by molar-refractivity contribution is 0.0873. The maximum absolute atomic E-state index is 12.4. The van der Waals surface area contributed by atoms with Crippen LogP contribution in [0.15, 0.2) is 24.3 Å². The van der Waals surface area contributed by atoms with Crippen LogP contribution in [0, 0.1) is 11.8 Å². The molecular weight excluding hydrogens is 222 g/mol. The first kappa shape index (κ1) is 13.3. The Kier molecular flexibility index (Phi) is 4.54. The molecule has 0 aliphatic heterocycles. The van der Waals surface area contributed by atoms with Crippen LogP contribution in [0.3, 0.4) is 0 Å². The molecule has 1 saturated carbocycles. The zero-order chi connectivity index (χ0) is 13.0. The molecule has 18 heavy (non-hydrogen) atoms. The van der Waals surface area contributed by atoms with Crippen molar-refractivity contribution in [1.82, 2.24) is 0 Å². The summed E-state index contributed by atoms with van der Waals surface area (Å²) in [6.45, 7) is 2.90. The van der Waals surface area contributed by atoms with Crippen LogP contribution in [0.2, 0.25) is 0 Å². The van der Waals surface area contributed by atoms with Crippen molar-refractivity contribution < 1.29 is 4.79 Å². The van der Waals surface area contributed by atoms with E-state index in [-0.39, 0.29) is 5.92 Å². The molecule has 0 unspecified atom stereocenters. The lowest BCUT2D eigenvalue weighted by atomic mass is 9.78. The monoisotopic (exact) mass is 245 g/mol. The van der Waals surface area contributed by atoms with Crippen LogP contribution < -0.4 is 5.73 Å². The molecule has 0 aromatic heterocycles. The second-order valence-corrected chi connectivity index (χ2v) is 5.37. The number of rotatable bonds is 4. The Labute approximate surface area is 110 Å². The van der Waals surface area contributed by atoms with Gasteiger partial charge in [0.05, 0.1) is 0 Å². The number of hydrogen-bond donors (Lipinski definition) is 1. The first-order chi connectivity index (χ1) is 8.74. The molecule has 0 heterocycles. The predicted molar refractivity (Wildman–Crippen MR) is 74.7 cm³/mol. The third-order valence-corrected chi connectivity index (χ3v) is 4.20. The Morgan fingerprint density at radius 1 is 1.17 bits per heavy atom. The number of benzene rings is 1. The Bertz CT molecular complexity index is 388. The molecule has 2 N–H and O–H groups in total. The van der Waals surface area contributed by atoms with Crippen LogP contribution in [-0.4, -0.2) is 12.3 Å². The molecule has 2 rings (SSSR count). The van der Waals surface area contributed by atoms with Gasteiger partial charge < -0.3 is 5.73 Å². The largest absolute Gasteiger partial charge is 0.330 e. The van der Waals surface area contributed by atoms with Crippen molar-refractivity contribution in [2.24, 2.45) is 17.6 Å². The van der Waals surface area contributed by atoms with Crippen molar-refractivity contribution in [1.29, 1.82) is 0 Å². The molecule has 0 saturated heterocycles. The SMILES string of the molecule is CCc1ccc(C(=O)C2CCC(CN)CC2)cc1. The highest BCUT2D eigenvalue weighted by atomic mass is 16.1. The van der Waals surface area contributed by atoms with Gasteiger partial charge in [0.25, 0.3) is 0 Å². The van der Waals surface area contributed by atoms with E-state index in [4.69, 9.17) is 5.73 Å². The Morgan fingerprint density at radius 3 is 2.28 bits per heavy atom. The van der Waals surface area contributed by atoms with E-state index in [1.165, 1.54) is 5.56 Å². The van der Waals surface area contributed by atoms with Gasteiger partial charge in [-0.2, -0.15) is 0 Å². The smallest absolute Gasteiger partial charge is 0.165 e. The summed E-state index contributed by atoms with van der Waals surface area (Å²) in [6.07, 6.45) is 5.27. The summed E-state index contributed by atoms with van der Waals surface area (Å²) in [5, 5.41) is 0. The number of hydrogen-bond acceptors (Lipinski definition) is 2. The maximum atomic E-state index is 12.4. The molecule has 2 heteroatoms. The molecule has 0 spiro atoms. The highest BCUT2D eigenvalue weighted by Crippen LogP contribution is 2.30. The minimum absolute atomic E-state index is 0.222. The quantitative estimate of drug-likeness (QED) is 0.828. The molecule has 0 amide bonds. The molecule has 2 nitrogen and oxygen atoms in total. The van der Waals surface area contributed by atoms with E-state index in [9.17, 15) is 4.79 Å². The molecule has 1 aliphatic rings. The van der Waals surface area contributed by atoms with E-state index in [1.807, 2.05) is 12.1 Å². The Balaban J connectivity index is 1.98. The normalized spacial score (nSPS) is 23.9. The van der Waals surface area contributed by atoms with Crippen molar-refractivity contribution in [2.75, 3.05) is 6.54 Å². The van der Waals surface area contributed by atoms with Gasteiger partial charge >= 0.3 is 0 Å². The van der Waals surface area contributed by atoms with Gasteiger partial charge in [0.1, 0.15) is 0 Å². The van der Waals surface area contributed by atoms with Gasteiger partial charge in [-0.05, 0) is 50.1 Å². The summed E-state index contributed by atoms with van der Waals surface area (Å²) < 4.78 is 0. The Morgan fingerprint density at radius 2 is 1.78 bits per heavy atom. The average molecular weight is 245 g/mol. The number of carbonyl (C=O) groups excluding carboxylic acids is 1. The van der Waals surface area contributed by atoms with E-state index >= 15 is 0 Å². The number of aryl methyl sites for hydroxylation is 1. The molecule has 0 bridgehead atoms. The van der Waals surface area contributed by atoms with Gasteiger partial charge in [-0.25, -0.2) is 0 Å². The van der Waals surface area contributed by atoms with Crippen molar-refractivity contribution in [3.8, 4) is 0 Å². The molecular formula is C16H23NO. The average Bonchev–Trinajstić information content (AvgIpc) is 2.47. The van der Waals surface area contributed by atoms with Crippen LogP contribution in [0.25, 0.3) is 0 Å². The summed E-state index contributed by atoms with van der Waals surface area (Å²) in [4.78, 5) is 12.4. The first-order valence-electron chi connectivity index (χ1n) is 7.07. The fraction of sp³-hybridized carbons (Fsp3) is 0.562. The summed E-state index contributed by atoms with van der Waals surface area (Å²) >= 11 is 0. The first-order valence-corrected chi connectivity index (χ1v) is 7.07. The zero-order valence-electron chi connectivity index (χ0n) is 11.2. The van der Waals surface area contributed by atoms with Crippen LogP contribution in [-0.2, 0) is 6.42 Å². The van der Waals surface area contributed by atoms with Crippen LogP contribution in [0.1, 0.15) is 48.5 Å². The van der Waals surface area contributed by atoms with Gasteiger partial charge in [-0.1, -0.05) is 31.2 Å². The molecule has 0 radical (unpaired) electrons. The van der Waals surface area contributed by atoms with Crippen LogP contribution in [0.4, 0.5) is 0 Å². The highest BCUT2D eigenvalue weighted by Gasteiger charge is 2.26. The summed E-state index contributed by atoms with van der Waals surface area (Å²) in [7, 11) is 0.